The zero-order valence-corrected chi connectivity index (χ0v) is 16.5. The molecule has 1 aromatic heterocycles. The van der Waals surface area contributed by atoms with Gasteiger partial charge in [-0.25, -0.2) is 8.42 Å². The maximum Gasteiger partial charge on any atom is 0.243 e. The fourth-order valence-corrected chi connectivity index (χ4v) is 4.75. The molecule has 0 unspecified atom stereocenters. The first kappa shape index (κ1) is 19.6. The van der Waals surface area contributed by atoms with Gasteiger partial charge in [0.1, 0.15) is 5.76 Å². The third-order valence-corrected chi connectivity index (χ3v) is 6.72. The van der Waals surface area contributed by atoms with Gasteiger partial charge in [0.2, 0.25) is 15.9 Å². The molecule has 0 bridgehead atoms. The lowest BCUT2D eigenvalue weighted by molar-refractivity contribution is -0.120. The summed E-state index contributed by atoms with van der Waals surface area (Å²) >= 11 is 0. The molecule has 0 spiro atoms. The van der Waals surface area contributed by atoms with Gasteiger partial charge in [-0.15, -0.1) is 0 Å². The van der Waals surface area contributed by atoms with Crippen molar-refractivity contribution in [3.63, 3.8) is 0 Å². The largest absolute Gasteiger partial charge is 0.360 e. The highest BCUT2D eigenvalue weighted by Gasteiger charge is 2.32. The Kier molecular flexibility index (Phi) is 5.96. The highest BCUT2D eigenvalue weighted by molar-refractivity contribution is 7.89. The fraction of sp³-hybridized carbons (Fsp3) is 0.474. The van der Waals surface area contributed by atoms with Crippen molar-refractivity contribution in [3.8, 4) is 0 Å². The van der Waals surface area contributed by atoms with E-state index in [-0.39, 0.29) is 11.8 Å². The highest BCUT2D eigenvalue weighted by atomic mass is 32.2. The summed E-state index contributed by atoms with van der Waals surface area (Å²) in [6.45, 7) is 4.50. The lowest BCUT2D eigenvalue weighted by atomic mass is 9.97. The maximum atomic E-state index is 12.8. The van der Waals surface area contributed by atoms with E-state index in [2.05, 4.69) is 17.4 Å². The SMILES string of the molecule is CCCc1ccc(S(=O)(=O)N2CCC(C(=O)Nc3cc(C)on3)CC2)cc1. The Morgan fingerprint density at radius 1 is 1.26 bits per heavy atom. The molecule has 2 heterocycles. The highest BCUT2D eigenvalue weighted by Crippen LogP contribution is 2.25. The van der Waals surface area contributed by atoms with Gasteiger partial charge >= 0.3 is 0 Å². The topological polar surface area (TPSA) is 92.5 Å². The van der Waals surface area contributed by atoms with E-state index in [4.69, 9.17) is 4.52 Å². The number of anilines is 1. The molecular weight excluding hydrogens is 366 g/mol. The molecule has 7 nitrogen and oxygen atoms in total. The van der Waals surface area contributed by atoms with E-state index in [1.54, 1.807) is 25.1 Å². The number of rotatable bonds is 6. The lowest BCUT2D eigenvalue weighted by Crippen LogP contribution is -2.41. The number of carbonyl (C=O) groups excluding carboxylic acids is 1. The first-order valence-electron chi connectivity index (χ1n) is 9.23. The van der Waals surface area contributed by atoms with Crippen LogP contribution in [0.2, 0.25) is 0 Å². The number of aromatic nitrogens is 1. The summed E-state index contributed by atoms with van der Waals surface area (Å²) in [5.74, 6) is 0.626. The Morgan fingerprint density at radius 3 is 2.48 bits per heavy atom. The number of hydrogen-bond donors (Lipinski definition) is 1. The van der Waals surface area contributed by atoms with E-state index in [9.17, 15) is 13.2 Å². The number of nitrogens with zero attached hydrogens (tertiary/aromatic N) is 2. The smallest absolute Gasteiger partial charge is 0.243 e. The van der Waals surface area contributed by atoms with Crippen molar-refractivity contribution in [2.75, 3.05) is 18.4 Å². The molecule has 1 aliphatic rings. The molecule has 1 saturated heterocycles. The third kappa shape index (κ3) is 4.56. The fourth-order valence-electron chi connectivity index (χ4n) is 3.28. The van der Waals surface area contributed by atoms with E-state index in [0.29, 0.717) is 42.4 Å². The molecule has 1 amide bonds. The van der Waals surface area contributed by atoms with Crippen molar-refractivity contribution < 1.29 is 17.7 Å². The van der Waals surface area contributed by atoms with Gasteiger partial charge in [0.05, 0.1) is 4.90 Å². The maximum absolute atomic E-state index is 12.8. The van der Waals surface area contributed by atoms with Gasteiger partial charge in [-0.2, -0.15) is 4.31 Å². The molecule has 0 radical (unpaired) electrons. The molecule has 1 fully saturated rings. The minimum atomic E-state index is -3.52. The average molecular weight is 391 g/mol. The Labute approximate surface area is 159 Å². The summed E-state index contributed by atoms with van der Waals surface area (Å²) in [6, 6.07) is 8.74. The second-order valence-electron chi connectivity index (χ2n) is 6.88. The molecule has 1 aromatic carbocycles. The Balaban J connectivity index is 1.59. The van der Waals surface area contributed by atoms with E-state index in [0.717, 1.165) is 18.4 Å². The zero-order valence-electron chi connectivity index (χ0n) is 15.6. The first-order chi connectivity index (χ1) is 12.9. The minimum absolute atomic E-state index is 0.149. The van der Waals surface area contributed by atoms with Gasteiger partial charge < -0.3 is 9.84 Å². The Morgan fingerprint density at radius 2 is 1.93 bits per heavy atom. The third-order valence-electron chi connectivity index (χ3n) is 4.80. The van der Waals surface area contributed by atoms with Crippen molar-refractivity contribution in [2.45, 2.75) is 44.4 Å². The van der Waals surface area contributed by atoms with Gasteiger partial charge in [-0.3, -0.25) is 4.79 Å². The van der Waals surface area contributed by atoms with Gasteiger partial charge in [-0.05, 0) is 43.9 Å². The molecule has 146 valence electrons. The number of sulfonamides is 1. The molecule has 2 aromatic rings. The van der Waals surface area contributed by atoms with Crippen LogP contribution in [0.3, 0.4) is 0 Å². The van der Waals surface area contributed by atoms with Crippen LogP contribution < -0.4 is 5.32 Å². The number of benzene rings is 1. The number of aryl methyl sites for hydroxylation is 2. The van der Waals surface area contributed by atoms with Crippen molar-refractivity contribution in [3.05, 3.63) is 41.7 Å². The van der Waals surface area contributed by atoms with Crippen LogP contribution in [0.4, 0.5) is 5.82 Å². The summed E-state index contributed by atoms with van der Waals surface area (Å²) in [6.07, 6.45) is 2.92. The number of carbonyl (C=O) groups is 1. The minimum Gasteiger partial charge on any atom is -0.360 e. The summed E-state index contributed by atoms with van der Waals surface area (Å²) in [5.41, 5.74) is 1.13. The van der Waals surface area contributed by atoms with Gasteiger partial charge in [0, 0.05) is 25.1 Å². The monoisotopic (exact) mass is 391 g/mol. The zero-order chi connectivity index (χ0) is 19.4. The summed E-state index contributed by atoms with van der Waals surface area (Å²) < 4.78 is 32.1. The van der Waals surface area contributed by atoms with Crippen LogP contribution >= 0.6 is 0 Å². The van der Waals surface area contributed by atoms with Crippen LogP contribution in [-0.4, -0.2) is 36.9 Å². The van der Waals surface area contributed by atoms with Crippen LogP contribution in [0.15, 0.2) is 39.8 Å². The van der Waals surface area contributed by atoms with Crippen molar-refractivity contribution in [2.24, 2.45) is 5.92 Å². The van der Waals surface area contributed by atoms with Crippen LogP contribution in [0.25, 0.3) is 0 Å². The van der Waals surface area contributed by atoms with E-state index >= 15 is 0 Å². The Hall–Kier alpha value is -2.19. The standard InChI is InChI=1S/C19H25N3O4S/c1-3-4-15-5-7-17(8-6-15)27(24,25)22-11-9-16(10-12-22)19(23)20-18-13-14(2)26-21-18/h5-8,13,16H,3-4,9-12H2,1-2H3,(H,20,21,23). The molecule has 3 rings (SSSR count). The predicted octanol–water partition coefficient (Wildman–Crippen LogP) is 2.97. The second-order valence-corrected chi connectivity index (χ2v) is 8.82. The predicted molar refractivity (Wildman–Crippen MR) is 102 cm³/mol. The van der Waals surface area contributed by atoms with E-state index in [1.165, 1.54) is 4.31 Å². The van der Waals surface area contributed by atoms with Crippen LogP contribution in [-0.2, 0) is 21.2 Å². The molecule has 0 aliphatic carbocycles. The summed E-state index contributed by atoms with van der Waals surface area (Å²) in [5, 5.41) is 6.48. The van der Waals surface area contributed by atoms with Gasteiger partial charge in [0.15, 0.2) is 5.82 Å². The van der Waals surface area contributed by atoms with E-state index in [1.807, 2.05) is 12.1 Å². The summed E-state index contributed by atoms with van der Waals surface area (Å²) in [7, 11) is -3.52. The molecular formula is C19H25N3O4S. The molecule has 8 heteroatoms. The van der Waals surface area contributed by atoms with Crippen molar-refractivity contribution in [1.29, 1.82) is 0 Å². The Bertz CT molecular complexity index is 882. The van der Waals surface area contributed by atoms with Crippen LogP contribution in [0.1, 0.15) is 37.5 Å². The van der Waals surface area contributed by atoms with E-state index < -0.39 is 10.0 Å². The normalized spacial score (nSPS) is 16.4. The summed E-state index contributed by atoms with van der Waals surface area (Å²) in [4.78, 5) is 12.6. The molecule has 1 aliphatic heterocycles. The molecule has 0 saturated carbocycles. The lowest BCUT2D eigenvalue weighted by Gasteiger charge is -2.30. The number of nitrogens with one attached hydrogen (secondary N) is 1. The van der Waals surface area contributed by atoms with Gasteiger partial charge in [0.25, 0.3) is 0 Å². The van der Waals surface area contributed by atoms with Gasteiger partial charge in [-0.1, -0.05) is 30.6 Å². The molecule has 1 N–H and O–H groups in total. The van der Waals surface area contributed by atoms with Crippen LogP contribution in [0, 0.1) is 12.8 Å². The number of piperidine rings is 1. The first-order valence-corrected chi connectivity index (χ1v) is 10.7. The average Bonchev–Trinajstić information content (AvgIpc) is 3.07. The molecule has 0 atom stereocenters. The van der Waals surface area contributed by atoms with Crippen molar-refractivity contribution in [1.82, 2.24) is 9.46 Å². The number of hydrogen-bond acceptors (Lipinski definition) is 5. The van der Waals surface area contributed by atoms with Crippen molar-refractivity contribution >= 4 is 21.7 Å². The quantitative estimate of drug-likeness (QED) is 0.817. The van der Waals surface area contributed by atoms with Crippen LogP contribution in [0.5, 0.6) is 0 Å². The molecule has 27 heavy (non-hydrogen) atoms. The number of amides is 1. The second kappa shape index (κ2) is 8.22.